The molecule has 112 valence electrons. The molecule has 0 fully saturated rings. The molecule has 2 rings (SSSR count). The summed E-state index contributed by atoms with van der Waals surface area (Å²) in [6.45, 7) is 7.30. The van der Waals surface area contributed by atoms with Crippen molar-refractivity contribution in [3.05, 3.63) is 58.9 Å². The average molecular weight is 284 g/mol. The third-order valence-corrected chi connectivity index (χ3v) is 3.75. The zero-order valence-electron chi connectivity index (χ0n) is 13.3. The Bertz CT molecular complexity index is 581. The van der Waals surface area contributed by atoms with Crippen LogP contribution in [0.2, 0.25) is 0 Å². The normalized spacial score (nSPS) is 12.2. The maximum atomic E-state index is 5.41. The van der Waals surface area contributed by atoms with E-state index in [0.29, 0.717) is 0 Å². The molecule has 0 aliphatic rings. The minimum Gasteiger partial charge on any atom is -0.496 e. The van der Waals surface area contributed by atoms with Crippen LogP contribution in [0.1, 0.15) is 35.3 Å². The SMILES string of the molecule is CCNC(Cc1ccccn1)c1cc(C)c(OC)cc1C. The van der Waals surface area contributed by atoms with Gasteiger partial charge in [0.25, 0.3) is 0 Å². The van der Waals surface area contributed by atoms with Gasteiger partial charge in [0.05, 0.1) is 7.11 Å². The number of likely N-dealkylation sites (N-methyl/N-ethyl adjacent to an activating group) is 1. The van der Waals surface area contributed by atoms with E-state index >= 15 is 0 Å². The highest BCUT2D eigenvalue weighted by atomic mass is 16.5. The van der Waals surface area contributed by atoms with Crippen LogP contribution in [-0.4, -0.2) is 18.6 Å². The van der Waals surface area contributed by atoms with Gasteiger partial charge >= 0.3 is 0 Å². The zero-order valence-corrected chi connectivity index (χ0v) is 13.3. The Labute approximate surface area is 127 Å². The van der Waals surface area contributed by atoms with Gasteiger partial charge in [-0.15, -0.1) is 0 Å². The van der Waals surface area contributed by atoms with Gasteiger partial charge in [-0.25, -0.2) is 0 Å². The molecule has 1 aromatic carbocycles. The molecular weight excluding hydrogens is 260 g/mol. The smallest absolute Gasteiger partial charge is 0.122 e. The summed E-state index contributed by atoms with van der Waals surface area (Å²) in [4.78, 5) is 4.45. The summed E-state index contributed by atoms with van der Waals surface area (Å²) >= 11 is 0. The van der Waals surface area contributed by atoms with Crippen molar-refractivity contribution in [3.63, 3.8) is 0 Å². The molecule has 0 radical (unpaired) electrons. The summed E-state index contributed by atoms with van der Waals surface area (Å²) in [6, 6.07) is 10.7. The number of aryl methyl sites for hydroxylation is 2. The lowest BCUT2D eigenvalue weighted by Crippen LogP contribution is -2.24. The second kappa shape index (κ2) is 7.23. The second-order valence-corrected chi connectivity index (χ2v) is 5.31. The lowest BCUT2D eigenvalue weighted by Gasteiger charge is -2.21. The van der Waals surface area contributed by atoms with Crippen LogP contribution >= 0.6 is 0 Å². The highest BCUT2D eigenvalue weighted by Crippen LogP contribution is 2.28. The van der Waals surface area contributed by atoms with E-state index in [1.54, 1.807) is 7.11 Å². The number of hydrogen-bond acceptors (Lipinski definition) is 3. The Hall–Kier alpha value is -1.87. The van der Waals surface area contributed by atoms with Crippen molar-refractivity contribution in [2.45, 2.75) is 33.2 Å². The lowest BCUT2D eigenvalue weighted by molar-refractivity contribution is 0.410. The molecule has 0 aliphatic carbocycles. The van der Waals surface area contributed by atoms with Crippen LogP contribution < -0.4 is 10.1 Å². The third-order valence-electron chi connectivity index (χ3n) is 3.75. The number of hydrogen-bond donors (Lipinski definition) is 1. The molecule has 0 bridgehead atoms. The van der Waals surface area contributed by atoms with Gasteiger partial charge in [0, 0.05) is 24.4 Å². The van der Waals surface area contributed by atoms with E-state index in [9.17, 15) is 0 Å². The Kier molecular flexibility index (Phi) is 5.34. The summed E-state index contributed by atoms with van der Waals surface area (Å²) < 4.78 is 5.41. The largest absolute Gasteiger partial charge is 0.496 e. The molecule has 21 heavy (non-hydrogen) atoms. The predicted octanol–water partition coefficient (Wildman–Crippen LogP) is 3.60. The molecule has 0 amide bonds. The molecule has 1 heterocycles. The van der Waals surface area contributed by atoms with Crippen molar-refractivity contribution in [1.82, 2.24) is 10.3 Å². The molecule has 0 saturated carbocycles. The van der Waals surface area contributed by atoms with Crippen molar-refractivity contribution in [2.24, 2.45) is 0 Å². The molecule has 3 heteroatoms. The highest BCUT2D eigenvalue weighted by Gasteiger charge is 2.16. The molecule has 0 spiro atoms. The number of benzene rings is 1. The van der Waals surface area contributed by atoms with Gasteiger partial charge < -0.3 is 10.1 Å². The third kappa shape index (κ3) is 3.82. The van der Waals surface area contributed by atoms with Crippen molar-refractivity contribution < 1.29 is 4.74 Å². The average Bonchev–Trinajstić information content (AvgIpc) is 2.50. The molecule has 1 aromatic heterocycles. The molecule has 2 aromatic rings. The number of pyridine rings is 1. The Morgan fingerprint density at radius 1 is 1.19 bits per heavy atom. The first-order chi connectivity index (χ1) is 10.2. The zero-order chi connectivity index (χ0) is 15.2. The van der Waals surface area contributed by atoms with Crippen LogP contribution in [0.15, 0.2) is 36.5 Å². The fraction of sp³-hybridized carbons (Fsp3) is 0.389. The van der Waals surface area contributed by atoms with E-state index < -0.39 is 0 Å². The van der Waals surface area contributed by atoms with Gasteiger partial charge in [-0.05, 0) is 55.3 Å². The Morgan fingerprint density at radius 3 is 2.62 bits per heavy atom. The fourth-order valence-electron chi connectivity index (χ4n) is 2.67. The summed E-state index contributed by atoms with van der Waals surface area (Å²) in [5.74, 6) is 0.948. The minimum absolute atomic E-state index is 0.273. The Balaban J connectivity index is 2.32. The number of aromatic nitrogens is 1. The highest BCUT2D eigenvalue weighted by molar-refractivity contribution is 5.43. The van der Waals surface area contributed by atoms with Crippen LogP contribution in [0.5, 0.6) is 5.75 Å². The van der Waals surface area contributed by atoms with Crippen molar-refractivity contribution in [3.8, 4) is 5.75 Å². The maximum Gasteiger partial charge on any atom is 0.122 e. The molecule has 1 unspecified atom stereocenters. The minimum atomic E-state index is 0.273. The van der Waals surface area contributed by atoms with Crippen molar-refractivity contribution in [2.75, 3.05) is 13.7 Å². The van der Waals surface area contributed by atoms with Crippen molar-refractivity contribution >= 4 is 0 Å². The van der Waals surface area contributed by atoms with Gasteiger partial charge in [-0.3, -0.25) is 4.98 Å². The number of methoxy groups -OCH3 is 1. The van der Waals surface area contributed by atoms with Crippen LogP contribution in [0, 0.1) is 13.8 Å². The molecule has 1 N–H and O–H groups in total. The molecule has 1 atom stereocenters. The predicted molar refractivity (Wildman–Crippen MR) is 86.8 cm³/mol. The first-order valence-electron chi connectivity index (χ1n) is 7.44. The summed E-state index contributed by atoms with van der Waals surface area (Å²) in [5, 5.41) is 3.57. The van der Waals surface area contributed by atoms with Gasteiger partial charge in [-0.1, -0.05) is 19.1 Å². The van der Waals surface area contributed by atoms with Gasteiger partial charge in [0.1, 0.15) is 5.75 Å². The van der Waals surface area contributed by atoms with E-state index in [1.807, 2.05) is 18.3 Å². The van der Waals surface area contributed by atoms with Gasteiger partial charge in [0.2, 0.25) is 0 Å². The number of ether oxygens (including phenoxy) is 1. The van der Waals surface area contributed by atoms with E-state index in [0.717, 1.165) is 24.4 Å². The molecular formula is C18H24N2O. The molecule has 0 aliphatic heterocycles. The van der Waals surface area contributed by atoms with E-state index in [-0.39, 0.29) is 6.04 Å². The number of nitrogens with zero attached hydrogens (tertiary/aromatic N) is 1. The maximum absolute atomic E-state index is 5.41. The van der Waals surface area contributed by atoms with E-state index in [4.69, 9.17) is 4.74 Å². The van der Waals surface area contributed by atoms with E-state index in [1.165, 1.54) is 16.7 Å². The fourth-order valence-corrected chi connectivity index (χ4v) is 2.67. The van der Waals surface area contributed by atoms with Crippen molar-refractivity contribution in [1.29, 1.82) is 0 Å². The number of rotatable bonds is 6. The molecule has 3 nitrogen and oxygen atoms in total. The summed E-state index contributed by atoms with van der Waals surface area (Å²) in [7, 11) is 1.72. The first-order valence-corrected chi connectivity index (χ1v) is 7.44. The topological polar surface area (TPSA) is 34.2 Å². The first kappa shape index (κ1) is 15.5. The Morgan fingerprint density at radius 2 is 2.00 bits per heavy atom. The standard InChI is InChI=1S/C18H24N2O/c1-5-19-17(12-15-8-6-7-9-20-15)16-10-14(3)18(21-4)11-13(16)2/h6-11,17,19H,5,12H2,1-4H3. The van der Waals surface area contributed by atoms with Crippen LogP contribution in [0.4, 0.5) is 0 Å². The molecule has 0 saturated heterocycles. The monoisotopic (exact) mass is 284 g/mol. The number of nitrogens with one attached hydrogen (secondary N) is 1. The van der Waals surface area contributed by atoms with Crippen LogP contribution in [-0.2, 0) is 6.42 Å². The van der Waals surface area contributed by atoms with Crippen LogP contribution in [0.25, 0.3) is 0 Å². The van der Waals surface area contributed by atoms with E-state index in [2.05, 4.69) is 49.3 Å². The second-order valence-electron chi connectivity index (χ2n) is 5.31. The quantitative estimate of drug-likeness (QED) is 0.880. The summed E-state index contributed by atoms with van der Waals surface area (Å²) in [6.07, 6.45) is 2.74. The van der Waals surface area contributed by atoms with Gasteiger partial charge in [-0.2, -0.15) is 0 Å². The lowest BCUT2D eigenvalue weighted by atomic mass is 9.95. The van der Waals surface area contributed by atoms with Gasteiger partial charge in [0.15, 0.2) is 0 Å². The summed E-state index contributed by atoms with van der Waals surface area (Å²) in [5.41, 5.74) is 4.85. The van der Waals surface area contributed by atoms with Crippen LogP contribution in [0.3, 0.4) is 0 Å².